The van der Waals surface area contributed by atoms with Gasteiger partial charge < -0.3 is 4.42 Å². The molecule has 0 aliphatic heterocycles. The first-order valence-corrected chi connectivity index (χ1v) is 7.01. The zero-order valence-corrected chi connectivity index (χ0v) is 11.1. The summed E-state index contributed by atoms with van der Waals surface area (Å²) in [6.45, 7) is 2.12. The summed E-state index contributed by atoms with van der Waals surface area (Å²) in [5.74, 6) is 8.31. The Labute approximate surface area is 110 Å². The topological polar surface area (TPSA) is 51.2 Å². The third-order valence-corrected chi connectivity index (χ3v) is 3.82. The van der Waals surface area contributed by atoms with Gasteiger partial charge in [-0.1, -0.05) is 30.7 Å². The average molecular weight is 271 g/mol. The molecule has 0 fully saturated rings. The quantitative estimate of drug-likeness (QED) is 0.646. The minimum atomic E-state index is 0.0171. The van der Waals surface area contributed by atoms with Gasteiger partial charge in [-0.15, -0.1) is 0 Å². The standard InChI is InChI=1S/C12H15ClN2OS/c1-2-17-7-10(15-14)11-6-8-4-3-5-9(13)12(8)16-11/h3-6,10,15H,2,7,14H2,1H3. The molecule has 3 N–H and O–H groups in total. The molecular weight excluding hydrogens is 256 g/mol. The summed E-state index contributed by atoms with van der Waals surface area (Å²) in [7, 11) is 0. The molecule has 3 nitrogen and oxygen atoms in total. The minimum absolute atomic E-state index is 0.0171. The molecule has 92 valence electrons. The summed E-state index contributed by atoms with van der Waals surface area (Å²) >= 11 is 7.89. The van der Waals surface area contributed by atoms with E-state index in [0.717, 1.165) is 28.2 Å². The van der Waals surface area contributed by atoms with Crippen LogP contribution in [-0.2, 0) is 0 Å². The average Bonchev–Trinajstić information content (AvgIpc) is 2.75. The maximum atomic E-state index is 6.07. The molecule has 0 aliphatic carbocycles. The predicted octanol–water partition coefficient (Wildman–Crippen LogP) is 3.34. The van der Waals surface area contributed by atoms with Crippen LogP contribution >= 0.6 is 23.4 Å². The van der Waals surface area contributed by atoms with Gasteiger partial charge in [-0.3, -0.25) is 5.84 Å². The van der Waals surface area contributed by atoms with Gasteiger partial charge in [0.2, 0.25) is 0 Å². The number of fused-ring (bicyclic) bond motifs is 1. The molecule has 0 saturated heterocycles. The maximum absolute atomic E-state index is 6.07. The molecule has 2 rings (SSSR count). The lowest BCUT2D eigenvalue weighted by Crippen LogP contribution is -2.29. The van der Waals surface area contributed by atoms with Crippen molar-refractivity contribution in [3.8, 4) is 0 Å². The maximum Gasteiger partial charge on any atom is 0.152 e. The number of rotatable bonds is 5. The number of benzene rings is 1. The zero-order valence-electron chi connectivity index (χ0n) is 9.57. The Morgan fingerprint density at radius 2 is 2.35 bits per heavy atom. The van der Waals surface area contributed by atoms with Gasteiger partial charge in [0.1, 0.15) is 5.76 Å². The van der Waals surface area contributed by atoms with E-state index in [1.807, 2.05) is 36.0 Å². The lowest BCUT2D eigenvalue weighted by atomic mass is 10.2. The second-order valence-corrected chi connectivity index (χ2v) is 5.41. The number of hydrazine groups is 1. The molecule has 1 heterocycles. The predicted molar refractivity (Wildman–Crippen MR) is 74.3 cm³/mol. The number of hydrogen-bond acceptors (Lipinski definition) is 4. The highest BCUT2D eigenvalue weighted by molar-refractivity contribution is 7.99. The fraction of sp³-hybridized carbons (Fsp3) is 0.333. The van der Waals surface area contributed by atoms with Gasteiger partial charge >= 0.3 is 0 Å². The van der Waals surface area contributed by atoms with Crippen molar-refractivity contribution in [3.63, 3.8) is 0 Å². The van der Waals surface area contributed by atoms with Gasteiger partial charge in [0, 0.05) is 11.1 Å². The van der Waals surface area contributed by atoms with E-state index in [9.17, 15) is 0 Å². The molecule has 5 heteroatoms. The minimum Gasteiger partial charge on any atom is -0.458 e. The molecule has 0 bridgehead atoms. The Kier molecular flexibility index (Phi) is 4.34. The van der Waals surface area contributed by atoms with Crippen molar-refractivity contribution in [1.29, 1.82) is 0 Å². The third-order valence-electron chi connectivity index (χ3n) is 2.55. The van der Waals surface area contributed by atoms with E-state index in [4.69, 9.17) is 21.9 Å². The van der Waals surface area contributed by atoms with E-state index in [-0.39, 0.29) is 6.04 Å². The van der Waals surface area contributed by atoms with Crippen molar-refractivity contribution in [1.82, 2.24) is 5.43 Å². The Morgan fingerprint density at radius 3 is 3.00 bits per heavy atom. The molecule has 0 radical (unpaired) electrons. The van der Waals surface area contributed by atoms with Crippen molar-refractivity contribution >= 4 is 34.3 Å². The van der Waals surface area contributed by atoms with E-state index in [0.29, 0.717) is 5.02 Å². The lowest BCUT2D eigenvalue weighted by Gasteiger charge is -2.11. The summed E-state index contributed by atoms with van der Waals surface area (Å²) < 4.78 is 5.76. The largest absolute Gasteiger partial charge is 0.458 e. The summed E-state index contributed by atoms with van der Waals surface area (Å²) in [5.41, 5.74) is 3.50. The Bertz CT molecular complexity index is 500. The van der Waals surface area contributed by atoms with Gasteiger partial charge in [-0.2, -0.15) is 11.8 Å². The van der Waals surface area contributed by atoms with Crippen molar-refractivity contribution in [2.75, 3.05) is 11.5 Å². The Hall–Kier alpha value is -0.680. The van der Waals surface area contributed by atoms with Crippen molar-refractivity contribution in [2.24, 2.45) is 5.84 Å². The van der Waals surface area contributed by atoms with E-state index in [1.165, 1.54) is 0 Å². The van der Waals surface area contributed by atoms with Crippen molar-refractivity contribution in [3.05, 3.63) is 35.0 Å². The normalized spacial score (nSPS) is 13.1. The monoisotopic (exact) mass is 270 g/mol. The summed E-state index contributed by atoms with van der Waals surface area (Å²) in [4.78, 5) is 0. The van der Waals surface area contributed by atoms with E-state index in [2.05, 4.69) is 12.3 Å². The molecule has 2 aromatic rings. The second-order valence-electron chi connectivity index (χ2n) is 3.69. The summed E-state index contributed by atoms with van der Waals surface area (Å²) in [6.07, 6.45) is 0. The van der Waals surface area contributed by atoms with Crippen LogP contribution in [-0.4, -0.2) is 11.5 Å². The molecule has 1 aromatic carbocycles. The van der Waals surface area contributed by atoms with Crippen molar-refractivity contribution < 1.29 is 4.42 Å². The van der Waals surface area contributed by atoms with E-state index < -0.39 is 0 Å². The van der Waals surface area contributed by atoms with Crippen LogP contribution in [0.1, 0.15) is 18.7 Å². The first kappa shape index (κ1) is 12.8. The number of furan rings is 1. The fourth-order valence-corrected chi connectivity index (χ4v) is 2.62. The highest BCUT2D eigenvalue weighted by Gasteiger charge is 2.15. The molecule has 0 aliphatic rings. The molecule has 1 atom stereocenters. The van der Waals surface area contributed by atoms with Gasteiger partial charge in [-0.25, -0.2) is 5.43 Å². The smallest absolute Gasteiger partial charge is 0.152 e. The summed E-state index contributed by atoms with van der Waals surface area (Å²) in [5, 5.41) is 1.64. The highest BCUT2D eigenvalue weighted by Crippen LogP contribution is 2.30. The lowest BCUT2D eigenvalue weighted by molar-refractivity contribution is 0.464. The second kappa shape index (κ2) is 5.78. The van der Waals surface area contributed by atoms with Gasteiger partial charge in [0.05, 0.1) is 11.1 Å². The molecule has 0 spiro atoms. The van der Waals surface area contributed by atoms with Crippen LogP contribution in [0.3, 0.4) is 0 Å². The SMILES string of the molecule is CCSCC(NN)c1cc2cccc(Cl)c2o1. The molecule has 1 aromatic heterocycles. The van der Waals surface area contributed by atoms with E-state index in [1.54, 1.807) is 0 Å². The number of hydrogen-bond donors (Lipinski definition) is 2. The van der Waals surface area contributed by atoms with Crippen LogP contribution in [0.15, 0.2) is 28.7 Å². The van der Waals surface area contributed by atoms with Gasteiger partial charge in [0.15, 0.2) is 5.58 Å². The molecule has 1 unspecified atom stereocenters. The van der Waals surface area contributed by atoms with Crippen LogP contribution in [0.4, 0.5) is 0 Å². The third kappa shape index (κ3) is 2.77. The van der Waals surface area contributed by atoms with Crippen LogP contribution in [0, 0.1) is 0 Å². The van der Waals surface area contributed by atoms with Crippen LogP contribution in [0.25, 0.3) is 11.0 Å². The van der Waals surface area contributed by atoms with Gasteiger partial charge in [0.25, 0.3) is 0 Å². The van der Waals surface area contributed by atoms with Crippen LogP contribution in [0.5, 0.6) is 0 Å². The highest BCUT2D eigenvalue weighted by atomic mass is 35.5. The summed E-state index contributed by atoms with van der Waals surface area (Å²) in [6, 6.07) is 7.72. The molecule has 0 saturated carbocycles. The fourth-order valence-electron chi connectivity index (χ4n) is 1.67. The van der Waals surface area contributed by atoms with Gasteiger partial charge in [-0.05, 0) is 17.9 Å². The molecule has 0 amide bonds. The molecule has 17 heavy (non-hydrogen) atoms. The first-order valence-electron chi connectivity index (χ1n) is 5.48. The number of halogens is 1. The number of nitrogens with two attached hydrogens (primary N) is 1. The number of nitrogens with one attached hydrogen (secondary N) is 1. The number of para-hydroxylation sites is 1. The van der Waals surface area contributed by atoms with Crippen LogP contribution in [0.2, 0.25) is 5.02 Å². The first-order chi connectivity index (χ1) is 8.26. The zero-order chi connectivity index (χ0) is 12.3. The molecular formula is C12H15ClN2OS. The Morgan fingerprint density at radius 1 is 1.53 bits per heavy atom. The Balaban J connectivity index is 2.31. The van der Waals surface area contributed by atoms with Crippen molar-refractivity contribution in [2.45, 2.75) is 13.0 Å². The van der Waals surface area contributed by atoms with E-state index >= 15 is 0 Å². The van der Waals surface area contributed by atoms with Crippen LogP contribution < -0.4 is 11.3 Å². The number of thioether (sulfide) groups is 1.